The van der Waals surface area contributed by atoms with Gasteiger partial charge in [0.05, 0.1) is 24.1 Å². The molecule has 0 fully saturated rings. The molecule has 128 valence electrons. The highest BCUT2D eigenvalue weighted by atomic mass is 16.5. The van der Waals surface area contributed by atoms with Crippen LogP contribution in [0.25, 0.3) is 22.6 Å². The number of amides is 1. The van der Waals surface area contributed by atoms with Crippen LogP contribution in [0.5, 0.6) is 11.5 Å². The number of primary amides is 1. The number of rotatable bonds is 7. The van der Waals surface area contributed by atoms with Crippen molar-refractivity contribution >= 4 is 5.91 Å². The molecule has 0 spiro atoms. The van der Waals surface area contributed by atoms with Gasteiger partial charge in [-0.2, -0.15) is 0 Å². The molecule has 3 aromatic rings. The number of nitrogens with one attached hydrogen (secondary N) is 1. The van der Waals surface area contributed by atoms with E-state index in [2.05, 4.69) is 9.97 Å². The first-order valence-corrected chi connectivity index (χ1v) is 7.96. The summed E-state index contributed by atoms with van der Waals surface area (Å²) in [5.41, 5.74) is 7.79. The molecule has 0 unspecified atom stereocenters. The van der Waals surface area contributed by atoms with E-state index in [1.165, 1.54) is 0 Å². The Kier molecular flexibility index (Phi) is 4.99. The molecule has 0 atom stereocenters. The lowest BCUT2D eigenvalue weighted by atomic mass is 10.1. The molecule has 0 saturated heterocycles. The molecule has 0 aliphatic carbocycles. The molecule has 0 saturated carbocycles. The van der Waals surface area contributed by atoms with Crippen LogP contribution in [0, 0.1) is 0 Å². The summed E-state index contributed by atoms with van der Waals surface area (Å²) in [5.74, 6) is 1.51. The summed E-state index contributed by atoms with van der Waals surface area (Å²) in [6.07, 6.45) is 1.76. The van der Waals surface area contributed by atoms with E-state index in [0.717, 1.165) is 22.6 Å². The zero-order valence-corrected chi connectivity index (χ0v) is 13.9. The fourth-order valence-electron chi connectivity index (χ4n) is 2.44. The number of ether oxygens (including phenoxy) is 2. The highest BCUT2D eigenvalue weighted by Gasteiger charge is 2.11. The lowest BCUT2D eigenvalue weighted by Gasteiger charge is -2.08. The maximum absolute atomic E-state index is 10.9. The largest absolute Gasteiger partial charge is 0.494 e. The van der Waals surface area contributed by atoms with Crippen LogP contribution >= 0.6 is 0 Å². The molecule has 6 nitrogen and oxygen atoms in total. The maximum Gasteiger partial charge on any atom is 0.255 e. The summed E-state index contributed by atoms with van der Waals surface area (Å²) in [4.78, 5) is 18.7. The Balaban J connectivity index is 1.85. The van der Waals surface area contributed by atoms with Gasteiger partial charge in [-0.3, -0.25) is 4.79 Å². The van der Waals surface area contributed by atoms with Crippen molar-refractivity contribution in [2.75, 3.05) is 13.2 Å². The summed E-state index contributed by atoms with van der Waals surface area (Å²) >= 11 is 0. The van der Waals surface area contributed by atoms with E-state index in [1.807, 2.05) is 49.4 Å². The van der Waals surface area contributed by atoms with Crippen LogP contribution in [0.15, 0.2) is 54.7 Å². The highest BCUT2D eigenvalue weighted by molar-refractivity contribution is 5.76. The second kappa shape index (κ2) is 7.53. The number of para-hydroxylation sites is 1. The van der Waals surface area contributed by atoms with Gasteiger partial charge < -0.3 is 20.2 Å². The SMILES string of the molecule is CCOc1ccc(-c2cnc(-c3ccccc3OCC(N)=O)[nH]2)cc1. The molecule has 1 amide bonds. The second-order valence-electron chi connectivity index (χ2n) is 5.35. The zero-order chi connectivity index (χ0) is 17.6. The third kappa shape index (κ3) is 3.98. The Hall–Kier alpha value is -3.28. The fraction of sp³-hybridized carbons (Fsp3) is 0.158. The molecule has 25 heavy (non-hydrogen) atoms. The van der Waals surface area contributed by atoms with E-state index in [9.17, 15) is 4.79 Å². The average Bonchev–Trinajstić information content (AvgIpc) is 3.11. The number of benzene rings is 2. The number of carbonyl (C=O) groups is 1. The molecule has 0 radical (unpaired) electrons. The third-order valence-electron chi connectivity index (χ3n) is 3.56. The summed E-state index contributed by atoms with van der Waals surface area (Å²) in [6.45, 7) is 2.41. The summed E-state index contributed by atoms with van der Waals surface area (Å²) in [5, 5.41) is 0. The van der Waals surface area contributed by atoms with E-state index in [0.29, 0.717) is 18.2 Å². The van der Waals surface area contributed by atoms with E-state index in [-0.39, 0.29) is 6.61 Å². The van der Waals surface area contributed by atoms with Crippen LogP contribution < -0.4 is 15.2 Å². The fourth-order valence-corrected chi connectivity index (χ4v) is 2.44. The van der Waals surface area contributed by atoms with Crippen LogP contribution in [-0.2, 0) is 4.79 Å². The molecule has 1 heterocycles. The van der Waals surface area contributed by atoms with Gasteiger partial charge in [0.25, 0.3) is 5.91 Å². The van der Waals surface area contributed by atoms with Crippen LogP contribution in [0.4, 0.5) is 0 Å². The van der Waals surface area contributed by atoms with Gasteiger partial charge in [-0.25, -0.2) is 4.98 Å². The standard InChI is InChI=1S/C19H19N3O3/c1-2-24-14-9-7-13(8-10-14)16-11-21-19(22-16)15-5-3-4-6-17(15)25-12-18(20)23/h3-11H,2,12H2,1H3,(H2,20,23)(H,21,22). The normalized spacial score (nSPS) is 10.4. The second-order valence-corrected chi connectivity index (χ2v) is 5.35. The minimum Gasteiger partial charge on any atom is -0.494 e. The van der Waals surface area contributed by atoms with Crippen LogP contribution in [0.1, 0.15) is 6.92 Å². The lowest BCUT2D eigenvalue weighted by molar-refractivity contribution is -0.119. The molecular formula is C19H19N3O3. The number of aromatic amines is 1. The number of nitrogens with two attached hydrogens (primary N) is 1. The monoisotopic (exact) mass is 337 g/mol. The summed E-state index contributed by atoms with van der Waals surface area (Å²) in [6, 6.07) is 15.1. The number of hydrogen-bond acceptors (Lipinski definition) is 4. The Morgan fingerprint density at radius 3 is 2.60 bits per heavy atom. The Morgan fingerprint density at radius 1 is 1.12 bits per heavy atom. The van der Waals surface area contributed by atoms with Gasteiger partial charge >= 0.3 is 0 Å². The van der Waals surface area contributed by atoms with E-state index in [4.69, 9.17) is 15.2 Å². The predicted molar refractivity (Wildman–Crippen MR) is 95.3 cm³/mol. The molecule has 3 N–H and O–H groups in total. The van der Waals surface area contributed by atoms with Crippen LogP contribution in [0.2, 0.25) is 0 Å². The first-order chi connectivity index (χ1) is 12.2. The Bertz CT molecular complexity index is 856. The third-order valence-corrected chi connectivity index (χ3v) is 3.56. The molecule has 6 heteroatoms. The van der Waals surface area contributed by atoms with Crippen molar-refractivity contribution in [3.05, 3.63) is 54.7 Å². The number of aromatic nitrogens is 2. The predicted octanol–water partition coefficient (Wildman–Crippen LogP) is 3.01. The smallest absolute Gasteiger partial charge is 0.255 e. The molecule has 0 aliphatic heterocycles. The van der Waals surface area contributed by atoms with Crippen molar-refractivity contribution in [3.63, 3.8) is 0 Å². The van der Waals surface area contributed by atoms with Crippen molar-refractivity contribution in [3.8, 4) is 34.1 Å². The number of H-pyrrole nitrogens is 1. The number of imidazole rings is 1. The lowest BCUT2D eigenvalue weighted by Crippen LogP contribution is -2.20. The molecule has 3 rings (SSSR count). The van der Waals surface area contributed by atoms with Crippen molar-refractivity contribution in [1.82, 2.24) is 9.97 Å². The van der Waals surface area contributed by atoms with Crippen molar-refractivity contribution < 1.29 is 14.3 Å². The van der Waals surface area contributed by atoms with Gasteiger partial charge in [0.15, 0.2) is 6.61 Å². The van der Waals surface area contributed by atoms with Crippen LogP contribution in [0.3, 0.4) is 0 Å². The van der Waals surface area contributed by atoms with Gasteiger partial charge in [0.1, 0.15) is 17.3 Å². The minimum absolute atomic E-state index is 0.177. The minimum atomic E-state index is -0.524. The topological polar surface area (TPSA) is 90.2 Å². The Labute approximate surface area is 145 Å². The van der Waals surface area contributed by atoms with Crippen molar-refractivity contribution in [2.24, 2.45) is 5.73 Å². The molecular weight excluding hydrogens is 318 g/mol. The van der Waals surface area contributed by atoms with Gasteiger partial charge in [0.2, 0.25) is 0 Å². The number of hydrogen-bond donors (Lipinski definition) is 2. The van der Waals surface area contributed by atoms with Gasteiger partial charge in [-0.05, 0) is 48.9 Å². The summed E-state index contributed by atoms with van der Waals surface area (Å²) in [7, 11) is 0. The Morgan fingerprint density at radius 2 is 1.88 bits per heavy atom. The highest BCUT2D eigenvalue weighted by Crippen LogP contribution is 2.30. The average molecular weight is 337 g/mol. The number of carbonyl (C=O) groups excluding carboxylic acids is 1. The van der Waals surface area contributed by atoms with Gasteiger partial charge in [-0.1, -0.05) is 12.1 Å². The van der Waals surface area contributed by atoms with Crippen molar-refractivity contribution in [2.45, 2.75) is 6.92 Å². The van der Waals surface area contributed by atoms with Crippen LogP contribution in [-0.4, -0.2) is 29.1 Å². The maximum atomic E-state index is 10.9. The van der Waals surface area contributed by atoms with Crippen molar-refractivity contribution in [1.29, 1.82) is 0 Å². The zero-order valence-electron chi connectivity index (χ0n) is 13.9. The van der Waals surface area contributed by atoms with Gasteiger partial charge in [0, 0.05) is 0 Å². The molecule has 1 aromatic heterocycles. The summed E-state index contributed by atoms with van der Waals surface area (Å²) < 4.78 is 10.9. The van der Waals surface area contributed by atoms with E-state index < -0.39 is 5.91 Å². The quantitative estimate of drug-likeness (QED) is 0.693. The first kappa shape index (κ1) is 16.6. The van der Waals surface area contributed by atoms with E-state index >= 15 is 0 Å². The molecule has 2 aromatic carbocycles. The first-order valence-electron chi connectivity index (χ1n) is 7.96. The number of nitrogens with zero attached hydrogens (tertiary/aromatic N) is 1. The molecule has 0 bridgehead atoms. The van der Waals surface area contributed by atoms with Gasteiger partial charge in [-0.15, -0.1) is 0 Å². The molecule has 0 aliphatic rings. The van der Waals surface area contributed by atoms with E-state index in [1.54, 1.807) is 12.3 Å².